The van der Waals surface area contributed by atoms with Crippen LogP contribution in [0.2, 0.25) is 0 Å². The Kier molecular flexibility index (Phi) is 4.60. The first kappa shape index (κ1) is 13.1. The Labute approximate surface area is 113 Å². The second-order valence-corrected chi connectivity index (χ2v) is 5.88. The van der Waals surface area contributed by atoms with Crippen molar-refractivity contribution in [1.82, 2.24) is 9.80 Å². The van der Waals surface area contributed by atoms with Crippen molar-refractivity contribution in [3.05, 3.63) is 34.3 Å². The van der Waals surface area contributed by atoms with Crippen LogP contribution in [0, 0.1) is 0 Å². The van der Waals surface area contributed by atoms with Crippen LogP contribution >= 0.6 is 15.9 Å². The van der Waals surface area contributed by atoms with Gasteiger partial charge in [0.25, 0.3) is 0 Å². The van der Waals surface area contributed by atoms with Crippen LogP contribution in [0.5, 0.6) is 0 Å². The van der Waals surface area contributed by atoms with E-state index in [2.05, 4.69) is 64.0 Å². The molecule has 94 valence electrons. The van der Waals surface area contributed by atoms with Crippen molar-refractivity contribution < 1.29 is 0 Å². The molecule has 3 heteroatoms. The summed E-state index contributed by atoms with van der Waals surface area (Å²) in [6.07, 6.45) is 1.27. The molecule has 1 aromatic carbocycles. The smallest absolute Gasteiger partial charge is 0.0248 e. The summed E-state index contributed by atoms with van der Waals surface area (Å²) >= 11 is 3.64. The van der Waals surface area contributed by atoms with E-state index in [1.807, 2.05) is 0 Å². The van der Waals surface area contributed by atoms with E-state index in [0.29, 0.717) is 6.04 Å². The van der Waals surface area contributed by atoms with Crippen molar-refractivity contribution >= 4 is 15.9 Å². The molecule has 0 radical (unpaired) electrons. The molecular weight excluding hydrogens is 276 g/mol. The maximum Gasteiger partial charge on any atom is 0.0248 e. The van der Waals surface area contributed by atoms with Gasteiger partial charge in [-0.3, -0.25) is 4.90 Å². The lowest BCUT2D eigenvalue weighted by molar-refractivity contribution is 0.194. The minimum atomic E-state index is 0.634. The summed E-state index contributed by atoms with van der Waals surface area (Å²) in [4.78, 5) is 5.02. The molecule has 0 aromatic heterocycles. The molecule has 2 rings (SSSR count). The van der Waals surface area contributed by atoms with Crippen molar-refractivity contribution in [2.75, 3.05) is 26.7 Å². The average molecular weight is 297 g/mol. The van der Waals surface area contributed by atoms with Crippen LogP contribution in [0.1, 0.15) is 18.9 Å². The fourth-order valence-corrected chi connectivity index (χ4v) is 2.91. The van der Waals surface area contributed by atoms with Gasteiger partial charge >= 0.3 is 0 Å². The molecule has 0 spiro atoms. The fourth-order valence-electron chi connectivity index (χ4n) is 2.50. The quantitative estimate of drug-likeness (QED) is 0.828. The zero-order chi connectivity index (χ0) is 12.3. The Morgan fingerprint density at radius 2 is 2.06 bits per heavy atom. The van der Waals surface area contributed by atoms with E-state index in [4.69, 9.17) is 0 Å². The number of halogens is 1. The molecule has 1 aromatic rings. The molecule has 1 heterocycles. The number of rotatable bonds is 2. The topological polar surface area (TPSA) is 6.48 Å². The van der Waals surface area contributed by atoms with Crippen LogP contribution in [-0.4, -0.2) is 42.5 Å². The number of likely N-dealkylation sites (N-methyl/N-ethyl adjacent to an activating group) is 1. The first-order valence-electron chi connectivity index (χ1n) is 6.33. The van der Waals surface area contributed by atoms with Crippen molar-refractivity contribution in [2.45, 2.75) is 25.9 Å². The summed E-state index contributed by atoms with van der Waals surface area (Å²) in [6, 6.07) is 9.17. The number of hydrogen-bond donors (Lipinski definition) is 0. The van der Waals surface area contributed by atoms with Crippen molar-refractivity contribution in [3.8, 4) is 0 Å². The zero-order valence-electron chi connectivity index (χ0n) is 10.7. The van der Waals surface area contributed by atoms with Crippen LogP contribution in [0.25, 0.3) is 0 Å². The maximum atomic E-state index is 3.64. The second kappa shape index (κ2) is 5.98. The third-order valence-corrected chi connectivity index (χ3v) is 4.29. The van der Waals surface area contributed by atoms with E-state index in [-0.39, 0.29) is 0 Å². The highest BCUT2D eigenvalue weighted by molar-refractivity contribution is 9.10. The van der Waals surface area contributed by atoms with Gasteiger partial charge in [0.1, 0.15) is 0 Å². The molecule has 0 amide bonds. The molecular formula is C14H21BrN2. The van der Waals surface area contributed by atoms with Gasteiger partial charge in [0.05, 0.1) is 0 Å². The number of hydrogen-bond acceptors (Lipinski definition) is 2. The summed E-state index contributed by atoms with van der Waals surface area (Å²) in [6.45, 7) is 6.98. The SMILES string of the molecule is CC1CN(C)CCCN1Cc1ccccc1Br. The van der Waals surface area contributed by atoms with E-state index in [1.54, 1.807) is 0 Å². The van der Waals surface area contributed by atoms with E-state index >= 15 is 0 Å². The second-order valence-electron chi connectivity index (χ2n) is 5.03. The first-order chi connectivity index (χ1) is 8.16. The van der Waals surface area contributed by atoms with Crippen molar-refractivity contribution in [3.63, 3.8) is 0 Å². The predicted octanol–water partition coefficient (Wildman–Crippen LogP) is 2.98. The molecule has 0 bridgehead atoms. The molecule has 1 aliphatic rings. The van der Waals surface area contributed by atoms with Gasteiger partial charge in [-0.1, -0.05) is 34.1 Å². The average Bonchev–Trinajstić information content (AvgIpc) is 2.44. The van der Waals surface area contributed by atoms with Crippen LogP contribution in [0.3, 0.4) is 0 Å². The molecule has 0 aliphatic carbocycles. The molecule has 1 saturated heterocycles. The number of nitrogens with zero attached hydrogens (tertiary/aromatic N) is 2. The standard InChI is InChI=1S/C14H21BrN2/c1-12-10-16(2)8-5-9-17(12)11-13-6-3-4-7-14(13)15/h3-4,6-7,12H,5,8-11H2,1-2H3. The van der Waals surface area contributed by atoms with Crippen molar-refractivity contribution in [2.24, 2.45) is 0 Å². The Bertz CT molecular complexity index is 367. The van der Waals surface area contributed by atoms with Gasteiger partial charge < -0.3 is 4.90 Å². The minimum Gasteiger partial charge on any atom is -0.305 e. The molecule has 1 fully saturated rings. The van der Waals surface area contributed by atoms with E-state index < -0.39 is 0 Å². The van der Waals surface area contributed by atoms with Crippen molar-refractivity contribution in [1.29, 1.82) is 0 Å². The molecule has 2 nitrogen and oxygen atoms in total. The Morgan fingerprint density at radius 3 is 2.82 bits per heavy atom. The van der Waals surface area contributed by atoms with Crippen LogP contribution < -0.4 is 0 Å². The van der Waals surface area contributed by atoms with Crippen LogP contribution in [0.15, 0.2) is 28.7 Å². The highest BCUT2D eigenvalue weighted by atomic mass is 79.9. The third kappa shape index (κ3) is 3.54. The Balaban J connectivity index is 2.05. The van der Waals surface area contributed by atoms with E-state index in [1.165, 1.54) is 36.1 Å². The number of benzene rings is 1. The lowest BCUT2D eigenvalue weighted by atomic mass is 10.2. The lowest BCUT2D eigenvalue weighted by Gasteiger charge is -2.28. The summed E-state index contributed by atoms with van der Waals surface area (Å²) in [7, 11) is 2.22. The summed E-state index contributed by atoms with van der Waals surface area (Å²) in [5.74, 6) is 0. The third-order valence-electron chi connectivity index (χ3n) is 3.52. The monoisotopic (exact) mass is 296 g/mol. The Hall–Kier alpha value is -0.380. The molecule has 0 N–H and O–H groups in total. The maximum absolute atomic E-state index is 3.64. The largest absolute Gasteiger partial charge is 0.305 e. The van der Waals surface area contributed by atoms with Gasteiger partial charge in [-0.05, 0) is 38.6 Å². The molecule has 1 atom stereocenters. The van der Waals surface area contributed by atoms with Crippen LogP contribution in [0.4, 0.5) is 0 Å². The summed E-state index contributed by atoms with van der Waals surface area (Å²) in [5.41, 5.74) is 1.39. The minimum absolute atomic E-state index is 0.634. The summed E-state index contributed by atoms with van der Waals surface area (Å²) < 4.78 is 1.23. The molecule has 1 unspecified atom stereocenters. The highest BCUT2D eigenvalue weighted by Crippen LogP contribution is 2.20. The lowest BCUT2D eigenvalue weighted by Crippen LogP contribution is -2.37. The van der Waals surface area contributed by atoms with Gasteiger partial charge in [0, 0.05) is 30.1 Å². The zero-order valence-corrected chi connectivity index (χ0v) is 12.3. The Morgan fingerprint density at radius 1 is 1.29 bits per heavy atom. The molecule has 0 saturated carbocycles. The molecule has 17 heavy (non-hydrogen) atoms. The molecule has 1 aliphatic heterocycles. The summed E-state index contributed by atoms with van der Waals surface area (Å²) in [5, 5.41) is 0. The van der Waals surface area contributed by atoms with Crippen LogP contribution in [-0.2, 0) is 6.54 Å². The normalized spacial score (nSPS) is 23.6. The van der Waals surface area contributed by atoms with Gasteiger partial charge in [-0.2, -0.15) is 0 Å². The first-order valence-corrected chi connectivity index (χ1v) is 7.12. The highest BCUT2D eigenvalue weighted by Gasteiger charge is 2.19. The predicted molar refractivity (Wildman–Crippen MR) is 76.1 cm³/mol. The van der Waals surface area contributed by atoms with E-state index in [0.717, 1.165) is 6.54 Å². The van der Waals surface area contributed by atoms with E-state index in [9.17, 15) is 0 Å². The van der Waals surface area contributed by atoms with Gasteiger partial charge in [-0.25, -0.2) is 0 Å². The van der Waals surface area contributed by atoms with Gasteiger partial charge in [-0.15, -0.1) is 0 Å². The van der Waals surface area contributed by atoms with Gasteiger partial charge in [0.15, 0.2) is 0 Å². The van der Waals surface area contributed by atoms with Gasteiger partial charge in [0.2, 0.25) is 0 Å². The fraction of sp³-hybridized carbons (Fsp3) is 0.571.